The summed E-state index contributed by atoms with van der Waals surface area (Å²) in [6, 6.07) is 8.08. The summed E-state index contributed by atoms with van der Waals surface area (Å²) in [5.41, 5.74) is 1.74. The van der Waals surface area contributed by atoms with Gasteiger partial charge in [0.1, 0.15) is 10.6 Å². The number of carbonyl (C=O) groups is 2. The quantitative estimate of drug-likeness (QED) is 0.682. The molecule has 8 heteroatoms. The van der Waals surface area contributed by atoms with Gasteiger partial charge in [-0.25, -0.2) is 4.39 Å². The Hall–Kier alpha value is -2.74. The maximum atomic E-state index is 13.1. The average molecular weight is 388 g/mol. The lowest BCUT2D eigenvalue weighted by Crippen LogP contribution is -2.39. The summed E-state index contributed by atoms with van der Waals surface area (Å²) < 4.78 is 14.9. The van der Waals surface area contributed by atoms with Crippen LogP contribution in [0.4, 0.5) is 4.39 Å². The lowest BCUT2D eigenvalue weighted by Gasteiger charge is -2.08. The van der Waals surface area contributed by atoms with Crippen LogP contribution in [0.15, 0.2) is 30.3 Å². The Morgan fingerprint density at radius 3 is 2.63 bits per heavy atom. The largest absolute Gasteiger partial charge is 0.352 e. The van der Waals surface area contributed by atoms with Crippen molar-refractivity contribution in [2.45, 2.75) is 33.4 Å². The monoisotopic (exact) mass is 388 g/mol. The number of fused-ring (bicyclic) bond motifs is 1. The molecule has 2 aromatic heterocycles. The fourth-order valence-electron chi connectivity index (χ4n) is 2.72. The number of benzene rings is 1. The zero-order valence-electron chi connectivity index (χ0n) is 15.4. The second kappa shape index (κ2) is 7.87. The zero-order chi connectivity index (χ0) is 19.6. The summed E-state index contributed by atoms with van der Waals surface area (Å²) in [5, 5.41) is 10.8. The number of thiophene rings is 1. The van der Waals surface area contributed by atoms with E-state index in [2.05, 4.69) is 15.7 Å². The predicted molar refractivity (Wildman–Crippen MR) is 103 cm³/mol. The molecular formula is C19H21FN4O2S. The molecule has 0 unspecified atom stereocenters. The topological polar surface area (TPSA) is 76.0 Å². The molecule has 0 aliphatic rings. The lowest BCUT2D eigenvalue weighted by atomic mass is 10.2. The van der Waals surface area contributed by atoms with Crippen LogP contribution >= 0.6 is 11.3 Å². The Kier molecular flexibility index (Phi) is 5.55. The van der Waals surface area contributed by atoms with Crippen molar-refractivity contribution in [1.82, 2.24) is 20.4 Å². The van der Waals surface area contributed by atoms with Gasteiger partial charge in [-0.3, -0.25) is 14.3 Å². The van der Waals surface area contributed by atoms with E-state index < -0.39 is 0 Å². The van der Waals surface area contributed by atoms with Gasteiger partial charge in [0, 0.05) is 11.4 Å². The van der Waals surface area contributed by atoms with Crippen molar-refractivity contribution in [1.29, 1.82) is 0 Å². The van der Waals surface area contributed by atoms with Gasteiger partial charge in [0.2, 0.25) is 5.91 Å². The highest BCUT2D eigenvalue weighted by molar-refractivity contribution is 7.20. The molecule has 6 nitrogen and oxygen atoms in total. The van der Waals surface area contributed by atoms with Gasteiger partial charge in [-0.15, -0.1) is 11.3 Å². The predicted octanol–water partition coefficient (Wildman–Crippen LogP) is 2.85. The number of rotatable bonds is 6. The highest BCUT2D eigenvalue weighted by atomic mass is 32.1. The third kappa shape index (κ3) is 4.51. The number of halogens is 1. The zero-order valence-corrected chi connectivity index (χ0v) is 16.2. The third-order valence-electron chi connectivity index (χ3n) is 3.94. The van der Waals surface area contributed by atoms with Gasteiger partial charge in [0.15, 0.2) is 0 Å². The highest BCUT2D eigenvalue weighted by Crippen LogP contribution is 2.28. The van der Waals surface area contributed by atoms with Crippen molar-refractivity contribution in [3.05, 3.63) is 52.3 Å². The first-order chi connectivity index (χ1) is 12.8. The standard InChI is InChI=1S/C19H21FN4O2S/c1-11(2)22-17(25)9-21-18(26)16-8-15-12(3)23-24(19(15)27-16)10-13-4-6-14(20)7-5-13/h4-8,11H,9-10H2,1-3H3,(H,21,26)(H,22,25). The maximum Gasteiger partial charge on any atom is 0.261 e. The Labute approximate surface area is 160 Å². The van der Waals surface area contributed by atoms with E-state index in [0.717, 1.165) is 21.5 Å². The molecule has 0 radical (unpaired) electrons. The maximum absolute atomic E-state index is 13.1. The van der Waals surface area contributed by atoms with Gasteiger partial charge < -0.3 is 10.6 Å². The molecule has 0 bridgehead atoms. The van der Waals surface area contributed by atoms with E-state index in [9.17, 15) is 14.0 Å². The summed E-state index contributed by atoms with van der Waals surface area (Å²) in [6.07, 6.45) is 0. The Morgan fingerprint density at radius 1 is 1.26 bits per heavy atom. The minimum Gasteiger partial charge on any atom is -0.352 e. The molecule has 0 fully saturated rings. The molecule has 2 heterocycles. The average Bonchev–Trinajstić information content (AvgIpc) is 3.16. The normalized spacial score (nSPS) is 11.1. The van der Waals surface area contributed by atoms with Crippen LogP contribution in [-0.4, -0.2) is 34.2 Å². The molecule has 2 N–H and O–H groups in total. The minimum atomic E-state index is -0.289. The third-order valence-corrected chi connectivity index (χ3v) is 5.08. The molecule has 3 aromatic rings. The summed E-state index contributed by atoms with van der Waals surface area (Å²) in [6.45, 7) is 6.03. The molecule has 0 atom stereocenters. The molecule has 0 saturated heterocycles. The molecule has 3 rings (SSSR count). The molecule has 2 amide bonds. The fourth-order valence-corrected chi connectivity index (χ4v) is 3.79. The molecular weight excluding hydrogens is 367 g/mol. The number of aryl methyl sites for hydroxylation is 1. The van der Waals surface area contributed by atoms with Crippen LogP contribution in [0.1, 0.15) is 34.8 Å². The van der Waals surface area contributed by atoms with Gasteiger partial charge in [-0.05, 0) is 44.5 Å². The summed E-state index contributed by atoms with van der Waals surface area (Å²) in [4.78, 5) is 25.4. The van der Waals surface area contributed by atoms with Crippen molar-refractivity contribution in [3.63, 3.8) is 0 Å². The first-order valence-corrected chi connectivity index (χ1v) is 9.44. The Bertz CT molecular complexity index is 976. The van der Waals surface area contributed by atoms with Crippen molar-refractivity contribution in [3.8, 4) is 0 Å². The van der Waals surface area contributed by atoms with Crippen LogP contribution in [0.3, 0.4) is 0 Å². The van der Waals surface area contributed by atoms with E-state index in [-0.39, 0.29) is 30.2 Å². The van der Waals surface area contributed by atoms with E-state index in [4.69, 9.17) is 0 Å². The fraction of sp³-hybridized carbons (Fsp3) is 0.316. The van der Waals surface area contributed by atoms with Gasteiger partial charge in [0.25, 0.3) is 5.91 Å². The number of carbonyl (C=O) groups excluding carboxylic acids is 2. The number of hydrogen-bond acceptors (Lipinski definition) is 4. The first-order valence-electron chi connectivity index (χ1n) is 8.62. The number of aromatic nitrogens is 2. The first kappa shape index (κ1) is 19.0. The second-order valence-corrected chi connectivity index (χ2v) is 7.63. The molecule has 0 aliphatic heterocycles. The molecule has 0 saturated carbocycles. The molecule has 142 valence electrons. The smallest absolute Gasteiger partial charge is 0.261 e. The van der Waals surface area contributed by atoms with Gasteiger partial charge in [0.05, 0.1) is 23.7 Å². The Morgan fingerprint density at radius 2 is 1.96 bits per heavy atom. The lowest BCUT2D eigenvalue weighted by molar-refractivity contribution is -0.120. The Balaban J connectivity index is 1.76. The molecule has 1 aromatic carbocycles. The van der Waals surface area contributed by atoms with Crippen LogP contribution in [0.5, 0.6) is 0 Å². The van der Waals surface area contributed by atoms with E-state index >= 15 is 0 Å². The number of nitrogens with one attached hydrogen (secondary N) is 2. The second-order valence-electron chi connectivity index (χ2n) is 6.60. The number of amides is 2. The summed E-state index contributed by atoms with van der Waals surface area (Å²) in [5.74, 6) is -0.793. The minimum absolute atomic E-state index is 0.0267. The molecule has 0 spiro atoms. The van der Waals surface area contributed by atoms with Gasteiger partial charge >= 0.3 is 0 Å². The van der Waals surface area contributed by atoms with E-state index in [1.807, 2.05) is 25.5 Å². The van der Waals surface area contributed by atoms with E-state index in [0.29, 0.717) is 11.4 Å². The SMILES string of the molecule is Cc1nn(Cc2ccc(F)cc2)c2sc(C(=O)NCC(=O)NC(C)C)cc12. The van der Waals surface area contributed by atoms with Crippen LogP contribution in [0.2, 0.25) is 0 Å². The molecule has 0 aliphatic carbocycles. The van der Waals surface area contributed by atoms with Crippen molar-refractivity contribution >= 4 is 33.4 Å². The highest BCUT2D eigenvalue weighted by Gasteiger charge is 2.17. The van der Waals surface area contributed by atoms with Crippen LogP contribution < -0.4 is 10.6 Å². The van der Waals surface area contributed by atoms with Crippen molar-refractivity contribution in [2.75, 3.05) is 6.54 Å². The van der Waals surface area contributed by atoms with E-state index in [1.54, 1.807) is 18.2 Å². The number of nitrogens with zero attached hydrogens (tertiary/aromatic N) is 2. The number of hydrogen-bond donors (Lipinski definition) is 2. The van der Waals surface area contributed by atoms with Crippen molar-refractivity contribution < 1.29 is 14.0 Å². The van der Waals surface area contributed by atoms with Crippen LogP contribution in [-0.2, 0) is 11.3 Å². The molecule has 27 heavy (non-hydrogen) atoms. The van der Waals surface area contributed by atoms with Gasteiger partial charge in [-0.2, -0.15) is 5.10 Å². The van der Waals surface area contributed by atoms with Crippen LogP contribution in [0.25, 0.3) is 10.2 Å². The summed E-state index contributed by atoms with van der Waals surface area (Å²) >= 11 is 1.32. The van der Waals surface area contributed by atoms with Crippen LogP contribution in [0, 0.1) is 12.7 Å². The van der Waals surface area contributed by atoms with Crippen molar-refractivity contribution in [2.24, 2.45) is 0 Å². The summed E-state index contributed by atoms with van der Waals surface area (Å²) in [7, 11) is 0. The van der Waals surface area contributed by atoms with E-state index in [1.165, 1.54) is 23.5 Å². The van der Waals surface area contributed by atoms with Gasteiger partial charge in [-0.1, -0.05) is 12.1 Å².